The first-order chi connectivity index (χ1) is 10.8. The van der Waals surface area contributed by atoms with Crippen molar-refractivity contribution in [2.45, 2.75) is 6.42 Å². The molecule has 3 rings (SSSR count). The van der Waals surface area contributed by atoms with Crippen molar-refractivity contribution in [3.05, 3.63) is 60.0 Å². The number of hydrogen-bond donors (Lipinski definition) is 0. The summed E-state index contributed by atoms with van der Waals surface area (Å²) in [6, 6.07) is 15.5. The zero-order chi connectivity index (χ0) is 15.4. The van der Waals surface area contributed by atoms with Crippen LogP contribution in [0, 0.1) is 0 Å². The number of benzene rings is 2. The van der Waals surface area contributed by atoms with E-state index in [4.69, 9.17) is 14.0 Å². The van der Waals surface area contributed by atoms with E-state index < -0.39 is 0 Å². The van der Waals surface area contributed by atoms with E-state index in [1.54, 1.807) is 14.2 Å². The third-order valence-corrected chi connectivity index (χ3v) is 3.30. The minimum absolute atomic E-state index is 0.542. The summed E-state index contributed by atoms with van der Waals surface area (Å²) in [4.78, 5) is 4.42. The minimum atomic E-state index is 0.542. The topological polar surface area (TPSA) is 57.4 Å². The highest BCUT2D eigenvalue weighted by Gasteiger charge is 2.11. The van der Waals surface area contributed by atoms with Gasteiger partial charge in [-0.05, 0) is 17.7 Å². The van der Waals surface area contributed by atoms with Gasteiger partial charge in [0.15, 0.2) is 11.5 Å². The first-order valence-electron chi connectivity index (χ1n) is 6.89. The molecule has 0 bridgehead atoms. The summed E-state index contributed by atoms with van der Waals surface area (Å²) >= 11 is 0. The lowest BCUT2D eigenvalue weighted by molar-refractivity contribution is 0.354. The molecule has 112 valence electrons. The highest BCUT2D eigenvalue weighted by atomic mass is 16.5. The molecule has 2 aromatic carbocycles. The Morgan fingerprint density at radius 1 is 0.955 bits per heavy atom. The second kappa shape index (κ2) is 6.30. The molecule has 0 atom stereocenters. The van der Waals surface area contributed by atoms with Crippen molar-refractivity contribution in [3.8, 4) is 22.9 Å². The normalized spacial score (nSPS) is 10.5. The summed E-state index contributed by atoms with van der Waals surface area (Å²) in [6.07, 6.45) is 0.542. The maximum Gasteiger partial charge on any atom is 0.231 e. The second-order valence-electron chi connectivity index (χ2n) is 4.74. The smallest absolute Gasteiger partial charge is 0.231 e. The standard InChI is InChI=1S/C17H16N2O3/c1-20-14-9-8-12(10-15(14)21-2)11-16-18-17(19-22-16)13-6-4-3-5-7-13/h3-10H,11H2,1-2H3. The van der Waals surface area contributed by atoms with Crippen molar-refractivity contribution < 1.29 is 14.0 Å². The molecule has 1 aromatic heterocycles. The molecule has 0 fully saturated rings. The highest BCUT2D eigenvalue weighted by Crippen LogP contribution is 2.28. The van der Waals surface area contributed by atoms with Crippen molar-refractivity contribution in [1.29, 1.82) is 0 Å². The Morgan fingerprint density at radius 2 is 1.73 bits per heavy atom. The molecule has 0 aliphatic rings. The molecular formula is C17H16N2O3. The van der Waals surface area contributed by atoms with Crippen LogP contribution < -0.4 is 9.47 Å². The average Bonchev–Trinajstić information content (AvgIpc) is 3.04. The minimum Gasteiger partial charge on any atom is -0.493 e. The zero-order valence-corrected chi connectivity index (χ0v) is 12.4. The monoisotopic (exact) mass is 296 g/mol. The SMILES string of the molecule is COc1ccc(Cc2nc(-c3ccccc3)no2)cc1OC. The molecule has 0 saturated carbocycles. The average molecular weight is 296 g/mol. The molecule has 0 aliphatic carbocycles. The Labute approximate surface area is 128 Å². The first kappa shape index (κ1) is 14.1. The fourth-order valence-electron chi connectivity index (χ4n) is 2.20. The number of hydrogen-bond acceptors (Lipinski definition) is 5. The van der Waals surface area contributed by atoms with Gasteiger partial charge in [-0.2, -0.15) is 4.98 Å². The maximum atomic E-state index is 5.32. The molecule has 3 aromatic rings. The van der Waals surface area contributed by atoms with Gasteiger partial charge in [-0.1, -0.05) is 41.6 Å². The van der Waals surface area contributed by atoms with Gasteiger partial charge in [-0.25, -0.2) is 0 Å². The molecule has 0 spiro atoms. The van der Waals surface area contributed by atoms with Gasteiger partial charge in [0.25, 0.3) is 0 Å². The number of rotatable bonds is 5. The van der Waals surface area contributed by atoms with Crippen LogP contribution in [0.4, 0.5) is 0 Å². The number of aromatic nitrogens is 2. The van der Waals surface area contributed by atoms with Crippen LogP contribution in [0.15, 0.2) is 53.1 Å². The van der Waals surface area contributed by atoms with Crippen LogP contribution in [-0.4, -0.2) is 24.4 Å². The van der Waals surface area contributed by atoms with Gasteiger partial charge in [0.05, 0.1) is 20.6 Å². The zero-order valence-electron chi connectivity index (χ0n) is 12.4. The third kappa shape index (κ3) is 2.93. The van der Waals surface area contributed by atoms with E-state index in [1.807, 2.05) is 48.5 Å². The molecule has 22 heavy (non-hydrogen) atoms. The lowest BCUT2D eigenvalue weighted by Crippen LogP contribution is -1.94. The van der Waals surface area contributed by atoms with Crippen LogP contribution in [0.2, 0.25) is 0 Å². The summed E-state index contributed by atoms with van der Waals surface area (Å²) in [5.74, 6) is 2.53. The summed E-state index contributed by atoms with van der Waals surface area (Å²) in [6.45, 7) is 0. The Hall–Kier alpha value is -2.82. The van der Waals surface area contributed by atoms with Gasteiger partial charge in [0.2, 0.25) is 11.7 Å². The van der Waals surface area contributed by atoms with E-state index in [0.29, 0.717) is 29.6 Å². The van der Waals surface area contributed by atoms with Gasteiger partial charge in [0.1, 0.15) is 0 Å². The largest absolute Gasteiger partial charge is 0.493 e. The predicted octanol–water partition coefficient (Wildman–Crippen LogP) is 3.34. The van der Waals surface area contributed by atoms with E-state index in [9.17, 15) is 0 Å². The van der Waals surface area contributed by atoms with Crippen molar-refractivity contribution in [1.82, 2.24) is 10.1 Å². The van der Waals surface area contributed by atoms with Crippen molar-refractivity contribution in [2.24, 2.45) is 0 Å². The van der Waals surface area contributed by atoms with E-state index in [0.717, 1.165) is 11.1 Å². The maximum absolute atomic E-state index is 5.32. The Kier molecular flexibility index (Phi) is 4.05. The van der Waals surface area contributed by atoms with E-state index in [-0.39, 0.29) is 0 Å². The summed E-state index contributed by atoms with van der Waals surface area (Å²) < 4.78 is 15.8. The van der Waals surface area contributed by atoms with E-state index in [2.05, 4.69) is 10.1 Å². The quantitative estimate of drug-likeness (QED) is 0.722. The highest BCUT2D eigenvalue weighted by molar-refractivity contribution is 5.53. The molecule has 1 heterocycles. The molecule has 0 N–H and O–H groups in total. The van der Waals surface area contributed by atoms with Crippen LogP contribution in [0.3, 0.4) is 0 Å². The fourth-order valence-corrected chi connectivity index (χ4v) is 2.20. The fraction of sp³-hybridized carbons (Fsp3) is 0.176. The molecule has 5 nitrogen and oxygen atoms in total. The Morgan fingerprint density at radius 3 is 2.45 bits per heavy atom. The number of ether oxygens (including phenoxy) is 2. The van der Waals surface area contributed by atoms with Crippen LogP contribution in [0.25, 0.3) is 11.4 Å². The van der Waals surface area contributed by atoms with Gasteiger partial charge >= 0.3 is 0 Å². The van der Waals surface area contributed by atoms with Crippen molar-refractivity contribution in [2.75, 3.05) is 14.2 Å². The van der Waals surface area contributed by atoms with Crippen LogP contribution >= 0.6 is 0 Å². The number of nitrogens with zero attached hydrogens (tertiary/aromatic N) is 2. The van der Waals surface area contributed by atoms with Gasteiger partial charge in [-0.3, -0.25) is 0 Å². The lowest BCUT2D eigenvalue weighted by Gasteiger charge is -2.08. The molecule has 0 saturated heterocycles. The molecule has 0 radical (unpaired) electrons. The van der Waals surface area contributed by atoms with Crippen LogP contribution in [-0.2, 0) is 6.42 Å². The van der Waals surface area contributed by atoms with Crippen molar-refractivity contribution >= 4 is 0 Å². The summed E-state index contributed by atoms with van der Waals surface area (Å²) in [5, 5.41) is 4.02. The lowest BCUT2D eigenvalue weighted by atomic mass is 10.1. The van der Waals surface area contributed by atoms with Crippen molar-refractivity contribution in [3.63, 3.8) is 0 Å². The van der Waals surface area contributed by atoms with Gasteiger partial charge in [-0.15, -0.1) is 0 Å². The summed E-state index contributed by atoms with van der Waals surface area (Å²) in [5.41, 5.74) is 1.95. The first-order valence-corrected chi connectivity index (χ1v) is 6.89. The number of methoxy groups -OCH3 is 2. The third-order valence-electron chi connectivity index (χ3n) is 3.30. The molecular weight excluding hydrogens is 280 g/mol. The molecule has 0 amide bonds. The van der Waals surface area contributed by atoms with Crippen LogP contribution in [0.1, 0.15) is 11.5 Å². The Bertz CT molecular complexity index is 754. The Balaban J connectivity index is 1.81. The van der Waals surface area contributed by atoms with Crippen LogP contribution in [0.5, 0.6) is 11.5 Å². The summed E-state index contributed by atoms with van der Waals surface area (Å²) in [7, 11) is 3.23. The van der Waals surface area contributed by atoms with E-state index in [1.165, 1.54) is 0 Å². The molecule has 5 heteroatoms. The van der Waals surface area contributed by atoms with E-state index >= 15 is 0 Å². The molecule has 0 aliphatic heterocycles. The predicted molar refractivity (Wildman–Crippen MR) is 82.1 cm³/mol. The second-order valence-corrected chi connectivity index (χ2v) is 4.74. The van der Waals surface area contributed by atoms with Gasteiger partial charge in [0, 0.05) is 5.56 Å². The van der Waals surface area contributed by atoms with Gasteiger partial charge < -0.3 is 14.0 Å². The molecule has 0 unspecified atom stereocenters.